The van der Waals surface area contributed by atoms with E-state index in [9.17, 15) is 14.0 Å². The molecule has 0 aromatic heterocycles. The summed E-state index contributed by atoms with van der Waals surface area (Å²) in [5.74, 6) is -1.70. The topological polar surface area (TPSA) is 66.8 Å². The van der Waals surface area contributed by atoms with Crippen molar-refractivity contribution in [1.82, 2.24) is 4.90 Å². The third kappa shape index (κ3) is 2.91. The molecule has 0 aliphatic carbocycles. The molecule has 6 heteroatoms. The Kier molecular flexibility index (Phi) is 4.23. The fourth-order valence-electron chi connectivity index (χ4n) is 1.69. The number of likely N-dealkylation sites (tertiary alicyclic amines) is 1. The third-order valence-corrected chi connectivity index (χ3v) is 2.69. The van der Waals surface area contributed by atoms with Crippen LogP contribution in [-0.2, 0) is 14.3 Å². The van der Waals surface area contributed by atoms with Gasteiger partial charge in [0.05, 0.1) is 6.54 Å². The SMILES string of the molecule is COCCCC(=O)N1CCC(F)(C(=O)O)C1. The van der Waals surface area contributed by atoms with E-state index < -0.39 is 11.6 Å². The van der Waals surface area contributed by atoms with Gasteiger partial charge in [-0.15, -0.1) is 0 Å². The molecule has 1 amide bonds. The molecule has 0 aromatic rings. The van der Waals surface area contributed by atoms with Gasteiger partial charge in [0.25, 0.3) is 0 Å². The van der Waals surface area contributed by atoms with Gasteiger partial charge >= 0.3 is 5.97 Å². The summed E-state index contributed by atoms with van der Waals surface area (Å²) in [6.07, 6.45) is 0.708. The summed E-state index contributed by atoms with van der Waals surface area (Å²) in [5, 5.41) is 8.65. The van der Waals surface area contributed by atoms with E-state index in [1.165, 1.54) is 12.0 Å². The molecule has 0 spiro atoms. The number of carbonyl (C=O) groups excluding carboxylic acids is 1. The van der Waals surface area contributed by atoms with Gasteiger partial charge in [-0.2, -0.15) is 0 Å². The number of hydrogen-bond donors (Lipinski definition) is 1. The summed E-state index contributed by atoms with van der Waals surface area (Å²) in [5.41, 5.74) is -2.27. The number of carboxylic acids is 1. The first-order chi connectivity index (χ1) is 7.49. The molecule has 16 heavy (non-hydrogen) atoms. The van der Waals surface area contributed by atoms with Crippen molar-refractivity contribution in [3.8, 4) is 0 Å². The second-order valence-electron chi connectivity index (χ2n) is 3.93. The summed E-state index contributed by atoms with van der Waals surface area (Å²) in [6, 6.07) is 0. The molecule has 1 aliphatic rings. The van der Waals surface area contributed by atoms with E-state index in [-0.39, 0.29) is 31.8 Å². The van der Waals surface area contributed by atoms with Crippen LogP contribution in [0, 0.1) is 0 Å². The van der Waals surface area contributed by atoms with Crippen LogP contribution in [0.3, 0.4) is 0 Å². The maximum atomic E-state index is 13.6. The number of alkyl halides is 1. The van der Waals surface area contributed by atoms with Crippen molar-refractivity contribution >= 4 is 11.9 Å². The molecule has 1 N–H and O–H groups in total. The zero-order valence-corrected chi connectivity index (χ0v) is 9.24. The van der Waals surface area contributed by atoms with Crippen LogP contribution in [0.15, 0.2) is 0 Å². The Bertz CT molecular complexity index is 284. The number of nitrogens with zero attached hydrogens (tertiary/aromatic N) is 1. The van der Waals surface area contributed by atoms with Crippen LogP contribution in [0.1, 0.15) is 19.3 Å². The Morgan fingerprint density at radius 2 is 2.25 bits per heavy atom. The maximum Gasteiger partial charge on any atom is 0.343 e. The van der Waals surface area contributed by atoms with Gasteiger partial charge in [-0.25, -0.2) is 9.18 Å². The van der Waals surface area contributed by atoms with Crippen molar-refractivity contribution in [3.63, 3.8) is 0 Å². The van der Waals surface area contributed by atoms with E-state index in [1.54, 1.807) is 0 Å². The minimum Gasteiger partial charge on any atom is -0.479 e. The van der Waals surface area contributed by atoms with Crippen molar-refractivity contribution < 1.29 is 23.8 Å². The lowest BCUT2D eigenvalue weighted by Crippen LogP contribution is -2.38. The smallest absolute Gasteiger partial charge is 0.343 e. The predicted octanol–water partition coefficient (Wildman–Crippen LogP) is 0.438. The van der Waals surface area contributed by atoms with E-state index in [4.69, 9.17) is 9.84 Å². The average molecular weight is 233 g/mol. The molecule has 1 atom stereocenters. The minimum absolute atomic E-state index is 0.127. The number of hydrogen-bond acceptors (Lipinski definition) is 3. The standard InChI is InChI=1S/C10H16FNO4/c1-16-6-2-3-8(13)12-5-4-10(11,7-12)9(14)15/h2-7H2,1H3,(H,14,15). The lowest BCUT2D eigenvalue weighted by atomic mass is 10.1. The Labute approximate surface area is 93.2 Å². The molecule has 92 valence electrons. The lowest BCUT2D eigenvalue weighted by molar-refractivity contribution is -0.150. The first kappa shape index (κ1) is 12.9. The number of amides is 1. The second kappa shape index (κ2) is 5.25. The van der Waals surface area contributed by atoms with E-state index in [2.05, 4.69) is 0 Å². The van der Waals surface area contributed by atoms with Gasteiger partial charge in [0.15, 0.2) is 0 Å². The Hall–Kier alpha value is -1.17. The first-order valence-corrected chi connectivity index (χ1v) is 5.18. The number of carbonyl (C=O) groups is 2. The molecule has 1 saturated heterocycles. The second-order valence-corrected chi connectivity index (χ2v) is 3.93. The van der Waals surface area contributed by atoms with Gasteiger partial charge in [-0.3, -0.25) is 4.79 Å². The van der Waals surface area contributed by atoms with Crippen molar-refractivity contribution in [3.05, 3.63) is 0 Å². The quantitative estimate of drug-likeness (QED) is 0.700. The average Bonchev–Trinajstić information content (AvgIpc) is 2.63. The Morgan fingerprint density at radius 1 is 1.56 bits per heavy atom. The van der Waals surface area contributed by atoms with Crippen LogP contribution in [0.25, 0.3) is 0 Å². The number of aliphatic carboxylic acids is 1. The number of methoxy groups -OCH3 is 1. The summed E-state index contributed by atoms with van der Waals surface area (Å²) in [7, 11) is 1.54. The number of ether oxygens (including phenoxy) is 1. The van der Waals surface area contributed by atoms with Crippen molar-refractivity contribution in [2.24, 2.45) is 0 Å². The normalized spacial score (nSPS) is 24.8. The van der Waals surface area contributed by atoms with E-state index in [1.807, 2.05) is 0 Å². The molecule has 0 aromatic carbocycles. The molecule has 1 rings (SSSR count). The zero-order chi connectivity index (χ0) is 12.2. The summed E-state index contributed by atoms with van der Waals surface area (Å²) in [6.45, 7) is 0.308. The molecular weight excluding hydrogens is 217 g/mol. The van der Waals surface area contributed by atoms with Gasteiger partial charge in [0, 0.05) is 33.1 Å². The predicted molar refractivity (Wildman–Crippen MR) is 53.8 cm³/mol. The van der Waals surface area contributed by atoms with Gasteiger partial charge < -0.3 is 14.7 Å². The van der Waals surface area contributed by atoms with Crippen LogP contribution >= 0.6 is 0 Å². The molecule has 0 bridgehead atoms. The van der Waals surface area contributed by atoms with E-state index in [0.29, 0.717) is 13.0 Å². The Morgan fingerprint density at radius 3 is 2.75 bits per heavy atom. The van der Waals surface area contributed by atoms with Crippen LogP contribution in [0.4, 0.5) is 4.39 Å². The summed E-state index contributed by atoms with van der Waals surface area (Å²) >= 11 is 0. The molecule has 1 heterocycles. The van der Waals surface area contributed by atoms with E-state index in [0.717, 1.165) is 0 Å². The highest BCUT2D eigenvalue weighted by atomic mass is 19.1. The van der Waals surface area contributed by atoms with Crippen LogP contribution in [0.2, 0.25) is 0 Å². The molecule has 1 fully saturated rings. The summed E-state index contributed by atoms with van der Waals surface area (Å²) in [4.78, 5) is 23.4. The van der Waals surface area contributed by atoms with Crippen molar-refractivity contribution in [1.29, 1.82) is 0 Å². The molecular formula is C10H16FNO4. The summed E-state index contributed by atoms with van der Waals surface area (Å²) < 4.78 is 18.4. The first-order valence-electron chi connectivity index (χ1n) is 5.18. The number of carboxylic acid groups (broad SMARTS) is 1. The van der Waals surface area contributed by atoms with Crippen LogP contribution in [-0.4, -0.2) is 54.4 Å². The van der Waals surface area contributed by atoms with Gasteiger partial charge in [-0.05, 0) is 6.42 Å². The largest absolute Gasteiger partial charge is 0.479 e. The highest BCUT2D eigenvalue weighted by molar-refractivity contribution is 5.82. The number of halogens is 1. The van der Waals surface area contributed by atoms with Crippen LogP contribution < -0.4 is 0 Å². The fraction of sp³-hybridized carbons (Fsp3) is 0.800. The lowest BCUT2D eigenvalue weighted by Gasteiger charge is -2.17. The zero-order valence-electron chi connectivity index (χ0n) is 9.24. The highest BCUT2D eigenvalue weighted by Crippen LogP contribution is 2.26. The molecule has 5 nitrogen and oxygen atoms in total. The molecule has 1 aliphatic heterocycles. The number of rotatable bonds is 5. The molecule has 0 saturated carbocycles. The van der Waals surface area contributed by atoms with Crippen molar-refractivity contribution in [2.45, 2.75) is 24.9 Å². The molecule has 1 unspecified atom stereocenters. The van der Waals surface area contributed by atoms with Gasteiger partial charge in [0.1, 0.15) is 0 Å². The van der Waals surface area contributed by atoms with Gasteiger partial charge in [0.2, 0.25) is 11.6 Å². The molecule has 0 radical (unpaired) electrons. The highest BCUT2D eigenvalue weighted by Gasteiger charge is 2.46. The minimum atomic E-state index is -2.27. The maximum absolute atomic E-state index is 13.6. The van der Waals surface area contributed by atoms with Gasteiger partial charge in [-0.1, -0.05) is 0 Å². The Balaban J connectivity index is 2.41. The third-order valence-electron chi connectivity index (χ3n) is 2.69. The fourth-order valence-corrected chi connectivity index (χ4v) is 1.69. The monoisotopic (exact) mass is 233 g/mol. The van der Waals surface area contributed by atoms with Crippen LogP contribution in [0.5, 0.6) is 0 Å². The van der Waals surface area contributed by atoms with Crippen molar-refractivity contribution in [2.75, 3.05) is 26.8 Å². The van der Waals surface area contributed by atoms with E-state index >= 15 is 0 Å².